The van der Waals surface area contributed by atoms with E-state index in [1.807, 2.05) is 261 Å². The zero-order valence-corrected chi connectivity index (χ0v) is 53.0. The van der Waals surface area contributed by atoms with E-state index in [1.165, 1.54) is 20.2 Å². The smallest absolute Gasteiger partial charge is 0.164 e. The number of para-hydroxylation sites is 1. The average molecular weight is 1280 g/mol. The van der Waals surface area contributed by atoms with Crippen molar-refractivity contribution in [2.75, 3.05) is 0 Å². The van der Waals surface area contributed by atoms with Gasteiger partial charge in [0.25, 0.3) is 0 Å². The molecule has 6 heterocycles. The summed E-state index contributed by atoms with van der Waals surface area (Å²) in [6.07, 6.45) is 0. The number of fused-ring (bicyclic) bond motifs is 6. The minimum atomic E-state index is 0.538. The quantitative estimate of drug-likeness (QED) is 0.113. The van der Waals surface area contributed by atoms with Crippen LogP contribution in [0.1, 0.15) is 0 Å². The highest BCUT2D eigenvalue weighted by Crippen LogP contribution is 2.38. The van der Waals surface area contributed by atoms with E-state index in [9.17, 15) is 0 Å². The second kappa shape index (κ2) is 25.9. The highest BCUT2D eigenvalue weighted by atomic mass is 32.1. The van der Waals surface area contributed by atoms with Gasteiger partial charge in [-0.2, -0.15) is 0 Å². The molecule has 18 rings (SSSR count). The van der Waals surface area contributed by atoms with Crippen LogP contribution in [-0.2, 0) is 0 Å². The van der Waals surface area contributed by atoms with Gasteiger partial charge < -0.3 is 4.42 Å². The Hall–Kier alpha value is -13.3. The lowest BCUT2D eigenvalue weighted by molar-refractivity contribution is 0.669. The summed E-state index contributed by atoms with van der Waals surface area (Å²) < 4.78 is 8.66. The molecule has 12 aromatic carbocycles. The maximum absolute atomic E-state index is 6.20. The summed E-state index contributed by atoms with van der Waals surface area (Å²) in [5.41, 5.74) is 12.2. The maximum Gasteiger partial charge on any atom is 0.164 e. The van der Waals surface area contributed by atoms with Gasteiger partial charge in [0.2, 0.25) is 0 Å². The number of furan rings is 1. The number of thiophene rings is 1. The molecular formula is C84H52N12OS. The third-order valence-electron chi connectivity index (χ3n) is 16.8. The maximum atomic E-state index is 6.20. The van der Waals surface area contributed by atoms with Crippen LogP contribution in [0.4, 0.5) is 0 Å². The molecule has 0 spiro atoms. The first-order valence-electron chi connectivity index (χ1n) is 31.9. The van der Waals surface area contributed by atoms with Crippen molar-refractivity contribution in [2.24, 2.45) is 0 Å². The lowest BCUT2D eigenvalue weighted by Gasteiger charge is -2.11. The first-order chi connectivity index (χ1) is 48.5. The molecule has 98 heavy (non-hydrogen) atoms. The van der Waals surface area contributed by atoms with Crippen molar-refractivity contribution in [2.45, 2.75) is 0 Å². The molecule has 0 saturated heterocycles. The van der Waals surface area contributed by atoms with Crippen molar-refractivity contribution >= 4 is 53.4 Å². The van der Waals surface area contributed by atoms with Gasteiger partial charge in [-0.25, -0.2) is 59.8 Å². The zero-order chi connectivity index (χ0) is 65.1. The number of aromatic nitrogens is 12. The van der Waals surface area contributed by atoms with Crippen molar-refractivity contribution in [1.29, 1.82) is 0 Å². The minimum absolute atomic E-state index is 0.538. The Labute approximate surface area is 566 Å². The van der Waals surface area contributed by atoms with Crippen LogP contribution in [-0.4, -0.2) is 59.8 Å². The molecule has 0 saturated carbocycles. The number of hydrogen-bond donors (Lipinski definition) is 0. The van der Waals surface area contributed by atoms with Crippen LogP contribution in [0.2, 0.25) is 0 Å². The second-order valence-corrected chi connectivity index (χ2v) is 24.3. The third-order valence-corrected chi connectivity index (χ3v) is 17.9. The monoisotopic (exact) mass is 1280 g/mol. The van der Waals surface area contributed by atoms with Crippen LogP contribution in [0.3, 0.4) is 0 Å². The largest absolute Gasteiger partial charge is 0.456 e. The standard InChI is InChI=1S/C42H26N6O.C42H26N6S/c2*1-4-13-27(14-5-1)37-43-38(28-15-6-2-7-16-28)45-40(44-37)30-19-12-20-31(25-30)41-46-39(29-17-8-3-9-18-29)47-42(48-41)32-23-24-34-33-21-10-11-22-35(33)49-36(34)26-32/h2*1-26H. The van der Waals surface area contributed by atoms with Crippen LogP contribution in [0.15, 0.2) is 320 Å². The number of nitrogens with zero attached hydrogens (tertiary/aromatic N) is 12. The Morgan fingerprint density at radius 2 is 0.408 bits per heavy atom. The van der Waals surface area contributed by atoms with Gasteiger partial charge in [0.15, 0.2) is 69.9 Å². The van der Waals surface area contributed by atoms with Crippen LogP contribution in [0, 0.1) is 0 Å². The predicted octanol–water partition coefficient (Wildman–Crippen LogP) is 20.4. The van der Waals surface area contributed by atoms with Gasteiger partial charge in [-0.1, -0.05) is 273 Å². The van der Waals surface area contributed by atoms with Gasteiger partial charge in [0.1, 0.15) is 11.2 Å². The van der Waals surface area contributed by atoms with E-state index < -0.39 is 0 Å². The van der Waals surface area contributed by atoms with Crippen LogP contribution in [0.25, 0.3) is 179 Å². The Morgan fingerprint density at radius 3 is 0.765 bits per heavy atom. The number of rotatable bonds is 12. The van der Waals surface area contributed by atoms with Crippen molar-refractivity contribution in [3.8, 4) is 137 Å². The fraction of sp³-hybridized carbons (Fsp3) is 0. The average Bonchev–Trinajstić information content (AvgIpc) is 1.43. The van der Waals surface area contributed by atoms with E-state index in [2.05, 4.69) is 54.6 Å². The Bertz CT molecular complexity index is 5460. The highest BCUT2D eigenvalue weighted by molar-refractivity contribution is 7.25. The van der Waals surface area contributed by atoms with E-state index in [1.54, 1.807) is 11.3 Å². The predicted molar refractivity (Wildman–Crippen MR) is 392 cm³/mol. The fourth-order valence-electron chi connectivity index (χ4n) is 11.9. The van der Waals surface area contributed by atoms with Gasteiger partial charge >= 0.3 is 0 Å². The van der Waals surface area contributed by atoms with Crippen molar-refractivity contribution in [1.82, 2.24) is 59.8 Å². The first-order valence-corrected chi connectivity index (χ1v) is 32.7. The van der Waals surface area contributed by atoms with Crippen LogP contribution < -0.4 is 0 Å². The van der Waals surface area contributed by atoms with Crippen LogP contribution in [0.5, 0.6) is 0 Å². The zero-order valence-electron chi connectivity index (χ0n) is 52.2. The number of benzene rings is 12. The summed E-state index contributed by atoms with van der Waals surface area (Å²) in [6.45, 7) is 0. The molecule has 6 aromatic heterocycles. The van der Waals surface area contributed by atoms with Crippen molar-refractivity contribution in [3.63, 3.8) is 0 Å². The van der Waals surface area contributed by atoms with Crippen molar-refractivity contribution < 1.29 is 4.42 Å². The topological polar surface area (TPSA) is 168 Å². The lowest BCUT2D eigenvalue weighted by atomic mass is 10.1. The molecule has 0 amide bonds. The highest BCUT2D eigenvalue weighted by Gasteiger charge is 2.20. The normalized spacial score (nSPS) is 11.3. The molecular weight excluding hydrogens is 1230 g/mol. The van der Waals surface area contributed by atoms with Gasteiger partial charge in [-0.05, 0) is 42.5 Å². The van der Waals surface area contributed by atoms with Gasteiger partial charge in [0, 0.05) is 97.7 Å². The van der Waals surface area contributed by atoms with Gasteiger partial charge in [-0.3, -0.25) is 0 Å². The SMILES string of the molecule is c1ccc(-c2nc(-c3ccccc3)nc(-c3cccc(-c4nc(-c5ccccc5)nc(-c5ccc6c(c5)oc5ccccc56)n4)c3)n2)cc1.c1ccc(-c2nc(-c3ccccc3)nc(-c3cccc(-c4nc(-c5ccccc5)nc(-c5ccc6c(c5)sc5ccccc56)n4)c3)n2)cc1. The molecule has 0 unspecified atom stereocenters. The van der Waals surface area contributed by atoms with Gasteiger partial charge in [0.05, 0.1) is 0 Å². The van der Waals surface area contributed by atoms with E-state index >= 15 is 0 Å². The van der Waals surface area contributed by atoms with E-state index in [4.69, 9.17) is 64.2 Å². The van der Waals surface area contributed by atoms with E-state index in [0.29, 0.717) is 69.9 Å². The summed E-state index contributed by atoms with van der Waals surface area (Å²) in [4.78, 5) is 59.3. The summed E-state index contributed by atoms with van der Waals surface area (Å²) in [5, 5.41) is 4.62. The van der Waals surface area contributed by atoms with Crippen LogP contribution >= 0.6 is 11.3 Å². The molecule has 460 valence electrons. The summed E-state index contributed by atoms with van der Waals surface area (Å²) in [6, 6.07) is 105. The minimum Gasteiger partial charge on any atom is -0.456 e. The first kappa shape index (κ1) is 58.5. The molecule has 13 nitrogen and oxygen atoms in total. The summed E-state index contributed by atoms with van der Waals surface area (Å²) >= 11 is 1.78. The molecule has 0 radical (unpaired) electrons. The molecule has 0 aliphatic rings. The number of hydrogen-bond acceptors (Lipinski definition) is 14. The van der Waals surface area contributed by atoms with E-state index in [-0.39, 0.29) is 0 Å². The molecule has 0 aliphatic carbocycles. The molecule has 0 bridgehead atoms. The molecule has 18 aromatic rings. The Morgan fingerprint density at radius 1 is 0.163 bits per heavy atom. The molecule has 14 heteroatoms. The molecule has 0 N–H and O–H groups in total. The second-order valence-electron chi connectivity index (χ2n) is 23.2. The third kappa shape index (κ3) is 12.0. The molecule has 0 atom stereocenters. The fourth-order valence-corrected chi connectivity index (χ4v) is 13.0. The summed E-state index contributed by atoms with van der Waals surface area (Å²) in [5.74, 6) is 7.02. The Balaban J connectivity index is 0.000000147. The van der Waals surface area contributed by atoms with Gasteiger partial charge in [-0.15, -0.1) is 11.3 Å². The van der Waals surface area contributed by atoms with Crippen molar-refractivity contribution in [3.05, 3.63) is 315 Å². The molecule has 0 aliphatic heterocycles. The summed E-state index contributed by atoms with van der Waals surface area (Å²) in [7, 11) is 0. The molecule has 0 fully saturated rings. The Kier molecular flexibility index (Phi) is 15.5. The van der Waals surface area contributed by atoms with E-state index in [0.717, 1.165) is 88.7 Å². The lowest BCUT2D eigenvalue weighted by Crippen LogP contribution is -2.01.